The highest BCUT2D eigenvalue weighted by Crippen LogP contribution is 2.10. The fourth-order valence-corrected chi connectivity index (χ4v) is 2.95. The van der Waals surface area contributed by atoms with E-state index in [1.54, 1.807) is 17.3 Å². The van der Waals surface area contributed by atoms with Crippen LogP contribution in [0.3, 0.4) is 0 Å². The molecule has 2 aromatic rings. The summed E-state index contributed by atoms with van der Waals surface area (Å²) in [5.41, 5.74) is 0.903. The minimum absolute atomic E-state index is 0.0883. The van der Waals surface area contributed by atoms with Gasteiger partial charge in [0.1, 0.15) is 5.69 Å². The topological polar surface area (TPSA) is 99.3 Å². The van der Waals surface area contributed by atoms with Crippen LogP contribution in [0.2, 0.25) is 0 Å². The lowest BCUT2D eigenvalue weighted by Gasteiger charge is -2.22. The number of carbonyl (C=O) groups excluding carboxylic acids is 2. The number of aryl methyl sites for hydroxylation is 1. The van der Waals surface area contributed by atoms with Crippen molar-refractivity contribution in [2.75, 3.05) is 26.2 Å². The maximum atomic E-state index is 12.5. The van der Waals surface area contributed by atoms with E-state index in [-0.39, 0.29) is 23.1 Å². The highest BCUT2D eigenvalue weighted by atomic mass is 16.2. The van der Waals surface area contributed by atoms with Crippen LogP contribution in [0.15, 0.2) is 41.7 Å². The summed E-state index contributed by atoms with van der Waals surface area (Å²) in [4.78, 5) is 49.9. The summed E-state index contributed by atoms with van der Waals surface area (Å²) < 4.78 is 0. The van der Waals surface area contributed by atoms with Gasteiger partial charge in [0.2, 0.25) is 5.91 Å². The lowest BCUT2D eigenvalue weighted by atomic mass is 10.1. The van der Waals surface area contributed by atoms with E-state index in [4.69, 9.17) is 0 Å². The summed E-state index contributed by atoms with van der Waals surface area (Å²) in [5, 5.41) is 0. The molecule has 1 fully saturated rings. The van der Waals surface area contributed by atoms with Crippen molar-refractivity contribution in [2.45, 2.75) is 19.3 Å². The maximum absolute atomic E-state index is 12.5. The number of pyridine rings is 1. The van der Waals surface area contributed by atoms with Gasteiger partial charge in [0.15, 0.2) is 0 Å². The molecule has 8 heteroatoms. The molecule has 8 nitrogen and oxygen atoms in total. The Morgan fingerprint density at radius 3 is 2.65 bits per heavy atom. The second-order valence-corrected chi connectivity index (χ2v) is 6.18. The highest BCUT2D eigenvalue weighted by molar-refractivity contribution is 5.92. The van der Waals surface area contributed by atoms with E-state index in [0.29, 0.717) is 45.4 Å². The molecule has 26 heavy (non-hydrogen) atoms. The number of amides is 2. The summed E-state index contributed by atoms with van der Waals surface area (Å²) in [7, 11) is 0. The number of H-pyrrole nitrogens is 1. The van der Waals surface area contributed by atoms with Crippen molar-refractivity contribution in [3.63, 3.8) is 0 Å². The number of nitrogens with zero attached hydrogens (tertiary/aromatic N) is 4. The summed E-state index contributed by atoms with van der Waals surface area (Å²) in [6.45, 7) is 2.15. The molecule has 1 saturated heterocycles. The van der Waals surface area contributed by atoms with Crippen LogP contribution >= 0.6 is 0 Å². The van der Waals surface area contributed by atoms with E-state index in [1.807, 2.05) is 17.0 Å². The average Bonchev–Trinajstić information content (AvgIpc) is 2.93. The predicted molar refractivity (Wildman–Crippen MR) is 94.5 cm³/mol. The van der Waals surface area contributed by atoms with Gasteiger partial charge in [-0.15, -0.1) is 0 Å². The van der Waals surface area contributed by atoms with E-state index in [9.17, 15) is 14.4 Å². The minimum Gasteiger partial charge on any atom is -0.341 e. The summed E-state index contributed by atoms with van der Waals surface area (Å²) in [6.07, 6.45) is 7.71. The van der Waals surface area contributed by atoms with Crippen LogP contribution in [-0.2, 0) is 11.2 Å². The third-order valence-corrected chi connectivity index (χ3v) is 4.38. The molecule has 0 unspecified atom stereocenters. The molecular weight excluding hydrogens is 334 g/mol. The molecule has 0 aromatic carbocycles. The van der Waals surface area contributed by atoms with Crippen LogP contribution in [-0.4, -0.2) is 62.7 Å². The van der Waals surface area contributed by atoms with Gasteiger partial charge in [0.25, 0.3) is 11.5 Å². The Kier molecular flexibility index (Phi) is 5.73. The number of hydrogen-bond donors (Lipinski definition) is 1. The average molecular weight is 355 g/mol. The Labute approximate surface area is 150 Å². The van der Waals surface area contributed by atoms with Crippen molar-refractivity contribution in [2.24, 2.45) is 0 Å². The Hall–Kier alpha value is -3.03. The lowest BCUT2D eigenvalue weighted by Crippen LogP contribution is -2.37. The maximum Gasteiger partial charge on any atom is 0.274 e. The number of hydrogen-bond acceptors (Lipinski definition) is 5. The lowest BCUT2D eigenvalue weighted by molar-refractivity contribution is -0.131. The Morgan fingerprint density at radius 2 is 1.92 bits per heavy atom. The molecule has 1 aliphatic heterocycles. The molecule has 0 saturated carbocycles. The third kappa shape index (κ3) is 4.53. The van der Waals surface area contributed by atoms with E-state index in [2.05, 4.69) is 15.0 Å². The zero-order chi connectivity index (χ0) is 18.4. The first kappa shape index (κ1) is 17.8. The summed E-state index contributed by atoms with van der Waals surface area (Å²) in [6, 6.07) is 3.82. The number of nitrogens with one attached hydrogen (secondary N) is 1. The monoisotopic (exact) mass is 355 g/mol. The molecule has 3 rings (SSSR count). The van der Waals surface area contributed by atoms with Crippen molar-refractivity contribution in [3.05, 3.63) is 58.5 Å². The minimum atomic E-state index is -0.345. The van der Waals surface area contributed by atoms with Gasteiger partial charge < -0.3 is 14.8 Å². The molecule has 0 radical (unpaired) electrons. The first-order chi connectivity index (χ1) is 12.6. The first-order valence-electron chi connectivity index (χ1n) is 8.64. The van der Waals surface area contributed by atoms with E-state index in [0.717, 1.165) is 11.8 Å². The van der Waals surface area contributed by atoms with Crippen LogP contribution in [0.5, 0.6) is 0 Å². The van der Waals surface area contributed by atoms with Gasteiger partial charge in [-0.3, -0.25) is 19.4 Å². The van der Waals surface area contributed by atoms with Crippen LogP contribution in [0.1, 0.15) is 28.9 Å². The molecule has 0 aliphatic carbocycles. The van der Waals surface area contributed by atoms with Crippen LogP contribution in [0.25, 0.3) is 0 Å². The Balaban J connectivity index is 1.54. The molecule has 136 valence electrons. The van der Waals surface area contributed by atoms with Crippen LogP contribution < -0.4 is 5.56 Å². The van der Waals surface area contributed by atoms with Crippen molar-refractivity contribution in [1.29, 1.82) is 0 Å². The van der Waals surface area contributed by atoms with Crippen molar-refractivity contribution >= 4 is 11.8 Å². The molecular formula is C18H21N5O3. The van der Waals surface area contributed by atoms with Gasteiger partial charge in [0.05, 0.1) is 6.20 Å². The quantitative estimate of drug-likeness (QED) is 0.860. The van der Waals surface area contributed by atoms with Crippen molar-refractivity contribution in [1.82, 2.24) is 24.8 Å². The van der Waals surface area contributed by atoms with Gasteiger partial charge in [-0.1, -0.05) is 6.07 Å². The zero-order valence-corrected chi connectivity index (χ0v) is 14.4. The third-order valence-electron chi connectivity index (χ3n) is 4.38. The van der Waals surface area contributed by atoms with E-state index < -0.39 is 0 Å². The molecule has 2 aromatic heterocycles. The zero-order valence-electron chi connectivity index (χ0n) is 14.4. The number of carbonyl (C=O) groups is 2. The van der Waals surface area contributed by atoms with Crippen LogP contribution in [0, 0.1) is 0 Å². The molecule has 1 aliphatic rings. The van der Waals surface area contributed by atoms with Gasteiger partial charge in [0, 0.05) is 51.2 Å². The largest absolute Gasteiger partial charge is 0.341 e. The van der Waals surface area contributed by atoms with Gasteiger partial charge in [-0.05, 0) is 24.5 Å². The van der Waals surface area contributed by atoms with E-state index in [1.165, 1.54) is 6.20 Å². The van der Waals surface area contributed by atoms with Crippen LogP contribution in [0.4, 0.5) is 0 Å². The highest BCUT2D eigenvalue weighted by Gasteiger charge is 2.23. The SMILES string of the molecule is O=C(CCc1cccnc1)N1CCCN(C(=O)c2c[nH]c(=O)cn2)CC1. The fourth-order valence-electron chi connectivity index (χ4n) is 2.95. The smallest absolute Gasteiger partial charge is 0.274 e. The van der Waals surface area contributed by atoms with Gasteiger partial charge in [-0.2, -0.15) is 0 Å². The summed E-state index contributed by atoms with van der Waals surface area (Å²) >= 11 is 0. The second kappa shape index (κ2) is 8.37. The predicted octanol–water partition coefficient (Wildman–Crippen LogP) is 0.472. The Bertz CT molecular complexity index is 801. The van der Waals surface area contributed by atoms with Crippen molar-refractivity contribution < 1.29 is 9.59 Å². The molecule has 2 amide bonds. The van der Waals surface area contributed by atoms with E-state index >= 15 is 0 Å². The van der Waals surface area contributed by atoms with Crippen molar-refractivity contribution in [3.8, 4) is 0 Å². The number of aromatic nitrogens is 3. The van der Waals surface area contributed by atoms with Gasteiger partial charge >= 0.3 is 0 Å². The summed E-state index contributed by atoms with van der Waals surface area (Å²) in [5.74, 6) is -0.142. The molecule has 3 heterocycles. The van der Waals surface area contributed by atoms with Gasteiger partial charge in [-0.25, -0.2) is 4.98 Å². The normalized spacial score (nSPS) is 14.8. The number of rotatable bonds is 4. The first-order valence-corrected chi connectivity index (χ1v) is 8.64. The molecule has 0 spiro atoms. The fraction of sp³-hybridized carbons (Fsp3) is 0.389. The molecule has 0 atom stereocenters. The molecule has 0 bridgehead atoms. The molecule has 1 N–H and O–H groups in total. The Morgan fingerprint density at radius 1 is 1.12 bits per heavy atom. The standard InChI is InChI=1S/C18H21N5O3/c24-16-13-20-15(12-21-16)18(26)23-8-2-7-22(9-10-23)17(25)5-4-14-3-1-6-19-11-14/h1,3,6,11-13H,2,4-5,7-10H2,(H,21,24). The number of aromatic amines is 1. The second-order valence-electron chi connectivity index (χ2n) is 6.18.